The van der Waals surface area contributed by atoms with E-state index in [1.165, 1.54) is 6.07 Å². The van der Waals surface area contributed by atoms with Crippen LogP contribution in [-0.4, -0.2) is 11.8 Å². The standard InChI is InChI=1S/C11H9NO2/c1-7-5-6-14-9-4-3-8(13)11(12-2)10(7)9/h3-6,13H,1-2H2. The Kier molecular flexibility index (Phi) is 1.85. The molecule has 0 spiro atoms. The number of hydrogen-bond donors (Lipinski definition) is 1. The Morgan fingerprint density at radius 3 is 2.86 bits per heavy atom. The van der Waals surface area contributed by atoms with Gasteiger partial charge in [0, 0.05) is 0 Å². The molecule has 2 rings (SSSR count). The van der Waals surface area contributed by atoms with Gasteiger partial charge in [0.15, 0.2) is 0 Å². The average molecular weight is 187 g/mol. The summed E-state index contributed by atoms with van der Waals surface area (Å²) in [5, 5.41) is 9.53. The molecule has 1 aromatic rings. The molecule has 3 heteroatoms. The largest absolute Gasteiger partial charge is 0.506 e. The number of phenols is 1. The van der Waals surface area contributed by atoms with E-state index in [-0.39, 0.29) is 5.75 Å². The fourth-order valence-corrected chi connectivity index (χ4v) is 1.40. The molecule has 0 saturated carbocycles. The SMILES string of the molecule is C=Nc1c(O)ccc2c1C(=C)C=CO2. The summed E-state index contributed by atoms with van der Waals surface area (Å²) in [6.45, 7) is 7.24. The lowest BCUT2D eigenvalue weighted by Gasteiger charge is -2.16. The highest BCUT2D eigenvalue weighted by molar-refractivity contribution is 5.87. The molecule has 1 aromatic carbocycles. The van der Waals surface area contributed by atoms with Gasteiger partial charge in [0.1, 0.15) is 17.2 Å². The van der Waals surface area contributed by atoms with Crippen LogP contribution in [0.4, 0.5) is 5.69 Å². The normalized spacial score (nSPS) is 13.3. The summed E-state index contributed by atoms with van der Waals surface area (Å²) in [6, 6.07) is 3.20. The Morgan fingerprint density at radius 1 is 1.36 bits per heavy atom. The minimum Gasteiger partial charge on any atom is -0.506 e. The highest BCUT2D eigenvalue weighted by atomic mass is 16.5. The number of fused-ring (bicyclic) bond motifs is 1. The topological polar surface area (TPSA) is 41.8 Å². The summed E-state index contributed by atoms with van der Waals surface area (Å²) in [4.78, 5) is 3.76. The van der Waals surface area contributed by atoms with E-state index in [1.54, 1.807) is 18.4 Å². The summed E-state index contributed by atoms with van der Waals surface area (Å²) in [5.74, 6) is 0.719. The van der Waals surface area contributed by atoms with E-state index >= 15 is 0 Å². The van der Waals surface area contributed by atoms with E-state index in [4.69, 9.17) is 4.74 Å². The second-order valence-electron chi connectivity index (χ2n) is 2.91. The Balaban J connectivity index is 2.73. The molecular weight excluding hydrogens is 178 g/mol. The van der Waals surface area contributed by atoms with Crippen LogP contribution < -0.4 is 4.74 Å². The Morgan fingerprint density at radius 2 is 2.14 bits per heavy atom. The van der Waals surface area contributed by atoms with Gasteiger partial charge in [-0.2, -0.15) is 0 Å². The van der Waals surface area contributed by atoms with Crippen LogP contribution in [0.25, 0.3) is 5.57 Å². The monoisotopic (exact) mass is 187 g/mol. The second-order valence-corrected chi connectivity index (χ2v) is 2.91. The van der Waals surface area contributed by atoms with Crippen LogP contribution in [0.3, 0.4) is 0 Å². The first-order chi connectivity index (χ1) is 6.74. The Bertz CT molecular complexity index is 447. The highest BCUT2D eigenvalue weighted by Crippen LogP contribution is 2.42. The lowest BCUT2D eigenvalue weighted by Crippen LogP contribution is -1.95. The van der Waals surface area contributed by atoms with E-state index in [2.05, 4.69) is 18.3 Å². The molecule has 3 nitrogen and oxygen atoms in total. The minimum atomic E-state index is 0.0822. The number of aliphatic imine (C=N–C) groups is 1. The number of aromatic hydroxyl groups is 1. The Labute approximate surface area is 81.7 Å². The second kappa shape index (κ2) is 3.03. The van der Waals surface area contributed by atoms with Crippen molar-refractivity contribution in [3.05, 3.63) is 36.6 Å². The molecular formula is C11H9NO2. The first kappa shape index (κ1) is 8.56. The van der Waals surface area contributed by atoms with Crippen molar-refractivity contribution in [1.29, 1.82) is 0 Å². The van der Waals surface area contributed by atoms with Crippen LogP contribution in [0.15, 0.2) is 36.0 Å². The van der Waals surface area contributed by atoms with E-state index < -0.39 is 0 Å². The maximum Gasteiger partial charge on any atom is 0.142 e. The summed E-state index contributed by atoms with van der Waals surface area (Å²) < 4.78 is 5.25. The van der Waals surface area contributed by atoms with E-state index in [0.717, 1.165) is 5.57 Å². The molecule has 0 bridgehead atoms. The maximum atomic E-state index is 9.53. The van der Waals surface area contributed by atoms with Crippen molar-refractivity contribution in [2.24, 2.45) is 4.99 Å². The smallest absolute Gasteiger partial charge is 0.142 e. The Hall–Kier alpha value is -2.03. The van der Waals surface area contributed by atoms with Crippen molar-refractivity contribution in [1.82, 2.24) is 0 Å². The van der Waals surface area contributed by atoms with Crippen LogP contribution in [0.1, 0.15) is 5.56 Å². The molecule has 0 aliphatic carbocycles. The third kappa shape index (κ3) is 1.10. The van der Waals surface area contributed by atoms with Crippen molar-refractivity contribution in [3.8, 4) is 11.5 Å². The molecule has 0 atom stereocenters. The number of hydrogen-bond acceptors (Lipinski definition) is 3. The van der Waals surface area contributed by atoms with E-state index in [9.17, 15) is 5.11 Å². The van der Waals surface area contributed by atoms with Gasteiger partial charge in [-0.05, 0) is 30.5 Å². The fourth-order valence-electron chi connectivity index (χ4n) is 1.40. The number of phenolic OH excluding ortho intramolecular Hbond substituents is 1. The predicted molar refractivity (Wildman–Crippen MR) is 56.1 cm³/mol. The predicted octanol–water partition coefficient (Wildman–Crippen LogP) is 2.64. The maximum absolute atomic E-state index is 9.53. The van der Waals surface area contributed by atoms with Crippen LogP contribution in [0.5, 0.6) is 11.5 Å². The van der Waals surface area contributed by atoms with Crippen molar-refractivity contribution < 1.29 is 9.84 Å². The fraction of sp³-hybridized carbons (Fsp3) is 0. The molecule has 1 N–H and O–H groups in total. The van der Waals surface area contributed by atoms with E-state index in [0.29, 0.717) is 17.0 Å². The van der Waals surface area contributed by atoms with Crippen molar-refractivity contribution in [2.75, 3.05) is 0 Å². The molecule has 1 heterocycles. The lowest BCUT2D eigenvalue weighted by atomic mass is 10.0. The van der Waals surface area contributed by atoms with Gasteiger partial charge in [0.2, 0.25) is 0 Å². The summed E-state index contributed by atoms with van der Waals surface area (Å²) in [6.07, 6.45) is 3.27. The van der Waals surface area contributed by atoms with E-state index in [1.807, 2.05) is 0 Å². The third-order valence-electron chi connectivity index (χ3n) is 2.06. The summed E-state index contributed by atoms with van der Waals surface area (Å²) in [7, 11) is 0. The highest BCUT2D eigenvalue weighted by Gasteiger charge is 2.16. The van der Waals surface area contributed by atoms with Crippen molar-refractivity contribution in [2.45, 2.75) is 0 Å². The number of rotatable bonds is 1. The van der Waals surface area contributed by atoms with Gasteiger partial charge in [-0.15, -0.1) is 0 Å². The zero-order chi connectivity index (χ0) is 10.1. The molecule has 0 unspecified atom stereocenters. The van der Waals surface area contributed by atoms with Gasteiger partial charge in [0.05, 0.1) is 11.8 Å². The van der Waals surface area contributed by atoms with Crippen molar-refractivity contribution >= 4 is 18.0 Å². The molecule has 0 saturated heterocycles. The quantitative estimate of drug-likeness (QED) is 0.686. The molecule has 0 aromatic heterocycles. The van der Waals surface area contributed by atoms with Gasteiger partial charge in [-0.25, -0.2) is 0 Å². The van der Waals surface area contributed by atoms with Gasteiger partial charge in [0.25, 0.3) is 0 Å². The number of nitrogens with zero attached hydrogens (tertiary/aromatic N) is 1. The first-order valence-corrected chi connectivity index (χ1v) is 4.09. The van der Waals surface area contributed by atoms with Crippen LogP contribution in [0.2, 0.25) is 0 Å². The van der Waals surface area contributed by atoms with Crippen molar-refractivity contribution in [3.63, 3.8) is 0 Å². The molecule has 0 fully saturated rings. The zero-order valence-electron chi connectivity index (χ0n) is 7.53. The average Bonchev–Trinajstić information content (AvgIpc) is 2.19. The minimum absolute atomic E-state index is 0.0822. The molecule has 0 radical (unpaired) electrons. The van der Waals surface area contributed by atoms with Crippen LogP contribution in [0, 0.1) is 0 Å². The number of benzene rings is 1. The zero-order valence-corrected chi connectivity index (χ0v) is 7.53. The van der Waals surface area contributed by atoms with Gasteiger partial charge >= 0.3 is 0 Å². The summed E-state index contributed by atoms with van der Waals surface area (Å²) >= 11 is 0. The number of allylic oxidation sites excluding steroid dienone is 2. The molecule has 70 valence electrons. The molecule has 1 aliphatic rings. The van der Waals surface area contributed by atoms with Gasteiger partial charge in [-0.3, -0.25) is 4.99 Å². The third-order valence-corrected chi connectivity index (χ3v) is 2.06. The molecule has 0 amide bonds. The summed E-state index contributed by atoms with van der Waals surface area (Å²) in [5.41, 5.74) is 1.86. The molecule has 1 aliphatic heterocycles. The van der Waals surface area contributed by atoms with Crippen LogP contribution >= 0.6 is 0 Å². The van der Waals surface area contributed by atoms with Crippen LogP contribution in [-0.2, 0) is 0 Å². The molecule has 14 heavy (non-hydrogen) atoms. The lowest BCUT2D eigenvalue weighted by molar-refractivity contribution is 0.462. The van der Waals surface area contributed by atoms with Gasteiger partial charge < -0.3 is 9.84 Å². The number of ether oxygens (including phenoxy) is 1. The van der Waals surface area contributed by atoms with Gasteiger partial charge in [-0.1, -0.05) is 6.58 Å². The first-order valence-electron chi connectivity index (χ1n) is 4.09.